The van der Waals surface area contributed by atoms with Crippen LogP contribution in [0.4, 0.5) is 17.3 Å². The summed E-state index contributed by atoms with van der Waals surface area (Å²) in [5, 5.41) is 10.8. The minimum absolute atomic E-state index is 0. The third-order valence-electron chi connectivity index (χ3n) is 2.23. The van der Waals surface area contributed by atoms with Gasteiger partial charge in [0.2, 0.25) is 5.82 Å². The zero-order chi connectivity index (χ0) is 14.0. The van der Waals surface area contributed by atoms with Crippen molar-refractivity contribution < 1.29 is 73.5 Å². The van der Waals surface area contributed by atoms with Gasteiger partial charge in [0.25, 0.3) is 0 Å². The quantitative estimate of drug-likeness (QED) is 0.483. The number of benzene rings is 1. The molecule has 0 bridgehead atoms. The predicted molar refractivity (Wildman–Crippen MR) is 58.2 cm³/mol. The monoisotopic (exact) mass is 314 g/mol. The minimum Gasteiger partial charge on any atom is -0.488 e. The Morgan fingerprint density at radius 1 is 1.30 bits per heavy atom. The van der Waals surface area contributed by atoms with Crippen molar-refractivity contribution in [3.63, 3.8) is 0 Å². The number of aromatic nitrogens is 4. The largest absolute Gasteiger partial charge is 1.00 e. The van der Waals surface area contributed by atoms with Gasteiger partial charge in [0, 0.05) is 6.07 Å². The average Bonchev–Trinajstić information content (AvgIpc) is 2.71. The fraction of sp³-hybridized carbons (Fsp3) is 0.222. The molecule has 0 amide bonds. The third kappa shape index (κ3) is 4.52. The smallest absolute Gasteiger partial charge is 0.488 e. The second kappa shape index (κ2) is 6.98. The molecule has 2 rings (SSSR count). The summed E-state index contributed by atoms with van der Waals surface area (Å²) in [6.45, 7) is -5.61. The standard InChI is InChI=1S/C9H8BF4N4O.K/c1-18-16-9(15-17-18)5-19-8-4-6(11)2-3-7(8)10(12,13)14;/h2-4H,5H2,1H3;/q-1;+1. The van der Waals surface area contributed by atoms with Gasteiger partial charge in [-0.15, -0.1) is 10.2 Å². The van der Waals surface area contributed by atoms with E-state index in [0.29, 0.717) is 12.1 Å². The molecule has 1 aromatic heterocycles. The van der Waals surface area contributed by atoms with Gasteiger partial charge >= 0.3 is 58.4 Å². The molecular formula is C9H8BF4KN4O. The van der Waals surface area contributed by atoms with Crippen molar-refractivity contribution in [2.75, 3.05) is 0 Å². The van der Waals surface area contributed by atoms with Gasteiger partial charge in [-0.1, -0.05) is 11.5 Å². The number of tetrazole rings is 1. The molecule has 11 heteroatoms. The first-order valence-electron chi connectivity index (χ1n) is 5.21. The van der Waals surface area contributed by atoms with E-state index in [1.165, 1.54) is 7.05 Å². The van der Waals surface area contributed by atoms with E-state index in [1.807, 2.05) is 0 Å². The summed E-state index contributed by atoms with van der Waals surface area (Å²) in [5.41, 5.74) is -0.995. The Kier molecular flexibility index (Phi) is 6.13. The van der Waals surface area contributed by atoms with Crippen LogP contribution >= 0.6 is 0 Å². The first-order valence-corrected chi connectivity index (χ1v) is 5.21. The van der Waals surface area contributed by atoms with E-state index in [2.05, 4.69) is 15.4 Å². The van der Waals surface area contributed by atoms with Gasteiger partial charge in [-0.3, -0.25) is 0 Å². The molecule has 0 unspecified atom stereocenters. The summed E-state index contributed by atoms with van der Waals surface area (Å²) in [6.07, 6.45) is 0. The molecule has 102 valence electrons. The number of rotatable bonds is 4. The molecule has 0 saturated carbocycles. The van der Waals surface area contributed by atoms with Gasteiger partial charge in [-0.05, 0) is 11.3 Å². The maximum Gasteiger partial charge on any atom is 1.00 e. The zero-order valence-electron chi connectivity index (χ0n) is 10.7. The third-order valence-corrected chi connectivity index (χ3v) is 2.23. The Hall–Kier alpha value is -0.489. The number of halogens is 4. The molecule has 0 aliphatic carbocycles. The van der Waals surface area contributed by atoms with Crippen LogP contribution in [0.1, 0.15) is 5.82 Å². The van der Waals surface area contributed by atoms with E-state index in [0.717, 1.165) is 10.9 Å². The molecule has 2 aromatic rings. The maximum absolute atomic E-state index is 13.0. The van der Waals surface area contributed by atoms with Crippen LogP contribution < -0.4 is 61.6 Å². The molecule has 0 atom stereocenters. The Labute approximate surface area is 154 Å². The van der Waals surface area contributed by atoms with Gasteiger partial charge in [0.1, 0.15) is 5.82 Å². The molecule has 0 aliphatic rings. The van der Waals surface area contributed by atoms with Crippen LogP contribution in [0.3, 0.4) is 0 Å². The topological polar surface area (TPSA) is 52.8 Å². The summed E-state index contributed by atoms with van der Waals surface area (Å²) < 4.78 is 56.1. The number of ether oxygens (including phenoxy) is 1. The van der Waals surface area contributed by atoms with Crippen molar-refractivity contribution in [3.8, 4) is 5.75 Å². The summed E-state index contributed by atoms with van der Waals surface area (Å²) in [6, 6.07) is 2.06. The van der Waals surface area contributed by atoms with E-state index in [9.17, 15) is 17.3 Å². The number of hydrogen-bond acceptors (Lipinski definition) is 4. The predicted octanol–water partition coefficient (Wildman–Crippen LogP) is -2.01. The van der Waals surface area contributed by atoms with Gasteiger partial charge in [0.05, 0.1) is 12.8 Å². The fourth-order valence-electron chi connectivity index (χ4n) is 1.43. The second-order valence-electron chi connectivity index (χ2n) is 3.74. The minimum atomic E-state index is -5.28. The van der Waals surface area contributed by atoms with Crippen molar-refractivity contribution in [1.29, 1.82) is 0 Å². The second-order valence-corrected chi connectivity index (χ2v) is 3.74. The van der Waals surface area contributed by atoms with Gasteiger partial charge < -0.3 is 17.7 Å². The van der Waals surface area contributed by atoms with Crippen molar-refractivity contribution in [2.45, 2.75) is 6.61 Å². The van der Waals surface area contributed by atoms with E-state index in [-0.39, 0.29) is 63.8 Å². The van der Waals surface area contributed by atoms with Gasteiger partial charge in [-0.25, -0.2) is 4.39 Å². The number of aryl methyl sites for hydroxylation is 1. The molecule has 1 heterocycles. The Balaban J connectivity index is 0.00000200. The van der Waals surface area contributed by atoms with Crippen molar-refractivity contribution in [1.82, 2.24) is 20.2 Å². The van der Waals surface area contributed by atoms with Crippen LogP contribution in [0, 0.1) is 5.82 Å². The fourth-order valence-corrected chi connectivity index (χ4v) is 1.43. The van der Waals surface area contributed by atoms with Crippen molar-refractivity contribution in [2.24, 2.45) is 7.05 Å². The van der Waals surface area contributed by atoms with Crippen LogP contribution in [0.5, 0.6) is 5.75 Å². The first kappa shape index (κ1) is 17.6. The molecule has 0 saturated heterocycles. The normalized spacial score (nSPS) is 11.1. The van der Waals surface area contributed by atoms with Crippen LogP contribution in [0.2, 0.25) is 0 Å². The molecule has 20 heavy (non-hydrogen) atoms. The molecule has 0 aliphatic heterocycles. The molecule has 0 spiro atoms. The van der Waals surface area contributed by atoms with Crippen LogP contribution in [-0.2, 0) is 13.7 Å². The summed E-state index contributed by atoms with van der Waals surface area (Å²) in [4.78, 5) is 1.14. The first-order chi connectivity index (χ1) is 8.86. The molecule has 0 N–H and O–H groups in total. The summed E-state index contributed by atoms with van der Waals surface area (Å²) >= 11 is 0. The molecule has 0 fully saturated rings. The Bertz CT molecular complexity index is 592. The van der Waals surface area contributed by atoms with E-state index in [1.54, 1.807) is 0 Å². The van der Waals surface area contributed by atoms with Gasteiger partial charge in [-0.2, -0.15) is 4.80 Å². The van der Waals surface area contributed by atoms with Crippen molar-refractivity contribution in [3.05, 3.63) is 29.8 Å². The Morgan fingerprint density at radius 2 is 2.00 bits per heavy atom. The summed E-state index contributed by atoms with van der Waals surface area (Å²) in [7, 11) is 1.50. The maximum atomic E-state index is 13.0. The van der Waals surface area contributed by atoms with Crippen LogP contribution in [-0.4, -0.2) is 27.2 Å². The summed E-state index contributed by atoms with van der Waals surface area (Å²) in [5.74, 6) is -1.29. The van der Waals surface area contributed by atoms with Crippen LogP contribution in [0.15, 0.2) is 18.2 Å². The molecule has 5 nitrogen and oxygen atoms in total. The van der Waals surface area contributed by atoms with E-state index < -0.39 is 24.0 Å². The van der Waals surface area contributed by atoms with E-state index in [4.69, 9.17) is 4.74 Å². The molecule has 1 aromatic carbocycles. The zero-order valence-corrected chi connectivity index (χ0v) is 13.8. The Morgan fingerprint density at radius 3 is 2.55 bits per heavy atom. The molecule has 0 radical (unpaired) electrons. The SMILES string of the molecule is Cn1nnc(COc2cc(F)ccc2[B-](F)(F)F)n1.[K+]. The van der Waals surface area contributed by atoms with Gasteiger partial charge in [0.15, 0.2) is 6.61 Å². The molecular weight excluding hydrogens is 306 g/mol. The average molecular weight is 314 g/mol. The van der Waals surface area contributed by atoms with Crippen molar-refractivity contribution >= 4 is 12.4 Å². The van der Waals surface area contributed by atoms with E-state index >= 15 is 0 Å². The number of hydrogen-bond donors (Lipinski definition) is 0. The number of nitrogens with zero attached hydrogens (tertiary/aromatic N) is 4. The van der Waals surface area contributed by atoms with Crippen LogP contribution in [0.25, 0.3) is 0 Å².